The Bertz CT molecular complexity index is 502. The predicted molar refractivity (Wildman–Crippen MR) is 68.4 cm³/mol. The van der Waals surface area contributed by atoms with Crippen LogP contribution in [0.2, 0.25) is 5.02 Å². The van der Waals surface area contributed by atoms with Crippen molar-refractivity contribution < 1.29 is 9.59 Å². The molecule has 0 spiro atoms. The summed E-state index contributed by atoms with van der Waals surface area (Å²) in [5.74, 6) is -0.199. The van der Waals surface area contributed by atoms with E-state index in [-0.39, 0.29) is 17.7 Å². The summed E-state index contributed by atoms with van der Waals surface area (Å²) in [6, 6.07) is 1.63. The van der Waals surface area contributed by atoms with Gasteiger partial charge >= 0.3 is 0 Å². The number of rotatable bonds is 2. The summed E-state index contributed by atoms with van der Waals surface area (Å²) in [6.07, 6.45) is 2.78. The van der Waals surface area contributed by atoms with E-state index in [1.54, 1.807) is 13.0 Å². The van der Waals surface area contributed by atoms with E-state index in [9.17, 15) is 9.59 Å². The molecule has 1 aliphatic rings. The van der Waals surface area contributed by atoms with Gasteiger partial charge in [0.25, 0.3) is 5.91 Å². The molecule has 2 rings (SSSR count). The molecule has 0 N–H and O–H groups in total. The van der Waals surface area contributed by atoms with E-state index >= 15 is 0 Å². The fourth-order valence-corrected chi connectivity index (χ4v) is 2.37. The normalized spacial score (nSPS) is 19.4. The van der Waals surface area contributed by atoms with Crippen molar-refractivity contribution in [2.75, 3.05) is 6.54 Å². The van der Waals surface area contributed by atoms with Crippen molar-refractivity contribution in [2.45, 2.75) is 26.7 Å². The molecule has 1 fully saturated rings. The van der Waals surface area contributed by atoms with Gasteiger partial charge in [-0.25, -0.2) is 0 Å². The summed E-state index contributed by atoms with van der Waals surface area (Å²) in [5, 5.41) is 0.347. The molecule has 2 amide bonds. The standard InChI is InChI=1S/C13H15ClN2O2/c1-3-9-5-12(17)16(7-9)13(18)10-6-15-8(2)4-11(10)14/h4,6,9H,3,5,7H2,1-2H3. The highest BCUT2D eigenvalue weighted by molar-refractivity contribution is 6.34. The van der Waals surface area contributed by atoms with Crippen LogP contribution in [-0.4, -0.2) is 28.2 Å². The van der Waals surface area contributed by atoms with Gasteiger partial charge in [0.1, 0.15) is 0 Å². The maximum Gasteiger partial charge on any atom is 0.263 e. The zero-order chi connectivity index (χ0) is 13.3. The van der Waals surface area contributed by atoms with Gasteiger partial charge in [-0.1, -0.05) is 24.9 Å². The van der Waals surface area contributed by atoms with Crippen LogP contribution in [0.3, 0.4) is 0 Å². The van der Waals surface area contributed by atoms with Crippen LogP contribution in [0.1, 0.15) is 35.8 Å². The molecule has 1 atom stereocenters. The van der Waals surface area contributed by atoms with Crippen molar-refractivity contribution in [3.63, 3.8) is 0 Å². The molecular formula is C13H15ClN2O2. The van der Waals surface area contributed by atoms with E-state index in [4.69, 9.17) is 11.6 Å². The van der Waals surface area contributed by atoms with Crippen LogP contribution in [0.4, 0.5) is 0 Å². The summed E-state index contributed by atoms with van der Waals surface area (Å²) in [5.41, 5.74) is 1.04. The first-order chi connectivity index (χ1) is 8.52. The van der Waals surface area contributed by atoms with Crippen LogP contribution in [0.25, 0.3) is 0 Å². The molecular weight excluding hydrogens is 252 g/mol. The minimum Gasteiger partial charge on any atom is -0.278 e. The second-order valence-electron chi connectivity index (χ2n) is 4.59. The van der Waals surface area contributed by atoms with Gasteiger partial charge in [-0.2, -0.15) is 0 Å². The number of halogens is 1. The molecule has 0 saturated carbocycles. The summed E-state index contributed by atoms with van der Waals surface area (Å²) in [7, 11) is 0. The van der Waals surface area contributed by atoms with Crippen molar-refractivity contribution in [3.8, 4) is 0 Å². The second kappa shape index (κ2) is 5.06. The minimum absolute atomic E-state index is 0.122. The number of hydrogen-bond acceptors (Lipinski definition) is 3. The highest BCUT2D eigenvalue weighted by atomic mass is 35.5. The van der Waals surface area contributed by atoms with Crippen molar-refractivity contribution in [1.82, 2.24) is 9.88 Å². The Morgan fingerprint density at radius 1 is 1.61 bits per heavy atom. The number of amides is 2. The first-order valence-corrected chi connectivity index (χ1v) is 6.37. The smallest absolute Gasteiger partial charge is 0.263 e. The zero-order valence-electron chi connectivity index (χ0n) is 10.4. The van der Waals surface area contributed by atoms with Crippen LogP contribution < -0.4 is 0 Å². The van der Waals surface area contributed by atoms with Crippen LogP contribution in [-0.2, 0) is 4.79 Å². The Kier molecular flexibility index (Phi) is 3.66. The maximum atomic E-state index is 12.2. The molecule has 0 aromatic carbocycles. The Hall–Kier alpha value is -1.42. The van der Waals surface area contributed by atoms with E-state index in [0.717, 1.165) is 12.1 Å². The van der Waals surface area contributed by atoms with E-state index in [1.807, 2.05) is 6.92 Å². The van der Waals surface area contributed by atoms with Crippen molar-refractivity contribution in [1.29, 1.82) is 0 Å². The van der Waals surface area contributed by atoms with Gasteiger partial charge in [0.05, 0.1) is 10.6 Å². The maximum absolute atomic E-state index is 12.2. The Labute approximate surface area is 111 Å². The van der Waals surface area contributed by atoms with Gasteiger partial charge in [-0.3, -0.25) is 19.5 Å². The second-order valence-corrected chi connectivity index (χ2v) is 5.00. The van der Waals surface area contributed by atoms with Gasteiger partial charge in [0.2, 0.25) is 5.91 Å². The third-order valence-corrected chi connectivity index (χ3v) is 3.56. The lowest BCUT2D eigenvalue weighted by atomic mass is 10.1. The van der Waals surface area contributed by atoms with Crippen LogP contribution in [0, 0.1) is 12.8 Å². The van der Waals surface area contributed by atoms with Crippen molar-refractivity contribution in [3.05, 3.63) is 28.5 Å². The average Bonchev–Trinajstić information content (AvgIpc) is 2.70. The lowest BCUT2D eigenvalue weighted by Gasteiger charge is -2.15. The molecule has 1 unspecified atom stereocenters. The first-order valence-electron chi connectivity index (χ1n) is 5.99. The molecule has 96 valence electrons. The molecule has 1 aliphatic heterocycles. The van der Waals surface area contributed by atoms with Crippen molar-refractivity contribution >= 4 is 23.4 Å². The number of carbonyl (C=O) groups is 2. The molecule has 5 heteroatoms. The zero-order valence-corrected chi connectivity index (χ0v) is 11.2. The van der Waals surface area contributed by atoms with Gasteiger partial charge in [0, 0.05) is 24.9 Å². The number of nitrogens with zero attached hydrogens (tertiary/aromatic N) is 2. The minimum atomic E-state index is -0.339. The summed E-state index contributed by atoms with van der Waals surface area (Å²) < 4.78 is 0. The van der Waals surface area contributed by atoms with Crippen molar-refractivity contribution in [2.24, 2.45) is 5.92 Å². The molecule has 2 heterocycles. The average molecular weight is 267 g/mol. The molecule has 1 aromatic rings. The predicted octanol–water partition coefficient (Wildman–Crippen LogP) is 2.44. The van der Waals surface area contributed by atoms with Crippen LogP contribution in [0.15, 0.2) is 12.3 Å². The molecule has 0 aliphatic carbocycles. The third-order valence-electron chi connectivity index (χ3n) is 3.25. The largest absolute Gasteiger partial charge is 0.278 e. The number of pyridine rings is 1. The number of likely N-dealkylation sites (tertiary alicyclic amines) is 1. The highest BCUT2D eigenvalue weighted by Gasteiger charge is 2.34. The highest BCUT2D eigenvalue weighted by Crippen LogP contribution is 2.25. The van der Waals surface area contributed by atoms with Gasteiger partial charge in [0.15, 0.2) is 0 Å². The first kappa shape index (κ1) is 13.0. The van der Waals surface area contributed by atoms with Gasteiger partial charge in [-0.05, 0) is 18.9 Å². The summed E-state index contributed by atoms with van der Waals surface area (Å²) >= 11 is 6.02. The fourth-order valence-electron chi connectivity index (χ4n) is 2.08. The summed E-state index contributed by atoms with van der Waals surface area (Å²) in [4.78, 5) is 29.3. The Morgan fingerprint density at radius 3 is 2.89 bits per heavy atom. The molecule has 0 radical (unpaired) electrons. The van der Waals surface area contributed by atoms with Gasteiger partial charge in [-0.15, -0.1) is 0 Å². The topological polar surface area (TPSA) is 50.3 Å². The SMILES string of the molecule is CCC1CC(=O)N(C(=O)c2cnc(C)cc2Cl)C1. The quantitative estimate of drug-likeness (QED) is 0.773. The lowest BCUT2D eigenvalue weighted by molar-refractivity contribution is -0.125. The van der Waals surface area contributed by atoms with E-state index < -0.39 is 0 Å². The third kappa shape index (κ3) is 2.38. The van der Waals surface area contributed by atoms with Crippen LogP contribution >= 0.6 is 11.6 Å². The molecule has 1 saturated heterocycles. The van der Waals surface area contributed by atoms with Gasteiger partial charge < -0.3 is 0 Å². The Morgan fingerprint density at radius 2 is 2.33 bits per heavy atom. The molecule has 4 nitrogen and oxygen atoms in total. The fraction of sp³-hybridized carbons (Fsp3) is 0.462. The molecule has 1 aromatic heterocycles. The molecule has 0 bridgehead atoms. The number of aryl methyl sites for hydroxylation is 1. The number of aromatic nitrogens is 1. The van der Waals surface area contributed by atoms with Crippen LogP contribution in [0.5, 0.6) is 0 Å². The number of imide groups is 1. The number of carbonyl (C=O) groups excluding carboxylic acids is 2. The van der Waals surface area contributed by atoms with E-state index in [1.165, 1.54) is 11.1 Å². The Balaban J connectivity index is 2.24. The van der Waals surface area contributed by atoms with E-state index in [0.29, 0.717) is 23.6 Å². The number of hydrogen-bond donors (Lipinski definition) is 0. The monoisotopic (exact) mass is 266 g/mol. The summed E-state index contributed by atoms with van der Waals surface area (Å²) in [6.45, 7) is 4.30. The van der Waals surface area contributed by atoms with E-state index in [2.05, 4.69) is 4.98 Å². The molecule has 18 heavy (non-hydrogen) atoms. The lowest BCUT2D eigenvalue weighted by Crippen LogP contribution is -2.32.